The topological polar surface area (TPSA) is 61.8 Å². The molecule has 2 aliphatic rings. The Bertz CT molecular complexity index is 467. The van der Waals surface area contributed by atoms with E-state index in [1.807, 2.05) is 0 Å². The Morgan fingerprint density at radius 2 is 1.95 bits per heavy atom. The summed E-state index contributed by atoms with van der Waals surface area (Å²) in [6.07, 6.45) is 6.65. The SMILES string of the molecule is CCNC(=NCCS(=O)(=O)CC)N1CCC2(CCCC2)C1. The van der Waals surface area contributed by atoms with E-state index in [1.54, 1.807) is 6.92 Å². The Morgan fingerprint density at radius 3 is 2.57 bits per heavy atom. The van der Waals surface area contributed by atoms with Gasteiger partial charge >= 0.3 is 0 Å². The summed E-state index contributed by atoms with van der Waals surface area (Å²) in [6.45, 7) is 7.06. The van der Waals surface area contributed by atoms with E-state index in [2.05, 4.69) is 22.1 Å². The summed E-state index contributed by atoms with van der Waals surface area (Å²) in [6, 6.07) is 0. The molecule has 5 nitrogen and oxygen atoms in total. The van der Waals surface area contributed by atoms with Gasteiger partial charge in [0.05, 0.1) is 12.3 Å². The highest BCUT2D eigenvalue weighted by Crippen LogP contribution is 2.45. The Hall–Kier alpha value is -0.780. The lowest BCUT2D eigenvalue weighted by molar-refractivity contribution is 0.309. The molecule has 1 aliphatic carbocycles. The second-order valence-electron chi connectivity index (χ2n) is 6.35. The molecule has 1 heterocycles. The number of likely N-dealkylation sites (tertiary alicyclic amines) is 1. The fourth-order valence-electron chi connectivity index (χ4n) is 3.51. The summed E-state index contributed by atoms with van der Waals surface area (Å²) in [5.41, 5.74) is 0.506. The molecule has 0 unspecified atom stereocenters. The van der Waals surface area contributed by atoms with E-state index in [-0.39, 0.29) is 11.5 Å². The van der Waals surface area contributed by atoms with E-state index < -0.39 is 9.84 Å². The number of rotatable bonds is 5. The van der Waals surface area contributed by atoms with Crippen molar-refractivity contribution in [1.82, 2.24) is 10.2 Å². The van der Waals surface area contributed by atoms with E-state index in [0.717, 1.165) is 25.6 Å². The van der Waals surface area contributed by atoms with E-state index in [9.17, 15) is 8.42 Å². The van der Waals surface area contributed by atoms with Gasteiger partial charge in [-0.15, -0.1) is 0 Å². The van der Waals surface area contributed by atoms with Gasteiger partial charge in [0.1, 0.15) is 0 Å². The highest BCUT2D eigenvalue weighted by Gasteiger charge is 2.41. The van der Waals surface area contributed by atoms with Crippen molar-refractivity contribution in [1.29, 1.82) is 0 Å². The van der Waals surface area contributed by atoms with Crippen molar-refractivity contribution in [3.63, 3.8) is 0 Å². The summed E-state index contributed by atoms with van der Waals surface area (Å²) in [4.78, 5) is 6.86. The Morgan fingerprint density at radius 1 is 1.24 bits per heavy atom. The standard InChI is InChI=1S/C15H29N3O2S/c1-3-16-14(17-10-12-21(19,20)4-2)18-11-9-15(13-18)7-5-6-8-15/h3-13H2,1-2H3,(H,16,17). The van der Waals surface area contributed by atoms with Crippen molar-refractivity contribution in [2.45, 2.75) is 46.0 Å². The lowest BCUT2D eigenvalue weighted by atomic mass is 9.86. The maximum absolute atomic E-state index is 11.6. The van der Waals surface area contributed by atoms with Gasteiger partial charge < -0.3 is 10.2 Å². The van der Waals surface area contributed by atoms with Gasteiger partial charge in [-0.05, 0) is 31.6 Å². The van der Waals surface area contributed by atoms with Gasteiger partial charge in [0.2, 0.25) is 0 Å². The van der Waals surface area contributed by atoms with Crippen LogP contribution in [0.25, 0.3) is 0 Å². The van der Waals surface area contributed by atoms with Crippen LogP contribution in [-0.4, -0.2) is 57.0 Å². The van der Waals surface area contributed by atoms with Crippen LogP contribution in [0.2, 0.25) is 0 Å². The third-order valence-electron chi connectivity index (χ3n) is 4.84. The molecule has 1 spiro atoms. The van der Waals surface area contributed by atoms with Crippen LogP contribution >= 0.6 is 0 Å². The lowest BCUT2D eigenvalue weighted by Crippen LogP contribution is -2.41. The zero-order chi connectivity index (χ0) is 15.3. The predicted octanol–water partition coefficient (Wildman–Crippen LogP) is 1.65. The number of nitrogens with one attached hydrogen (secondary N) is 1. The Balaban J connectivity index is 1.95. The van der Waals surface area contributed by atoms with E-state index in [1.165, 1.54) is 32.1 Å². The predicted molar refractivity (Wildman–Crippen MR) is 87.4 cm³/mol. The van der Waals surface area contributed by atoms with Crippen molar-refractivity contribution >= 4 is 15.8 Å². The molecule has 2 rings (SSSR count). The molecule has 0 aromatic rings. The quantitative estimate of drug-likeness (QED) is 0.619. The smallest absolute Gasteiger partial charge is 0.193 e. The molecule has 0 aromatic carbocycles. The van der Waals surface area contributed by atoms with Crippen LogP contribution in [0.5, 0.6) is 0 Å². The molecule has 1 saturated heterocycles. The van der Waals surface area contributed by atoms with Gasteiger partial charge in [-0.1, -0.05) is 19.8 Å². The van der Waals surface area contributed by atoms with Gasteiger partial charge in [-0.25, -0.2) is 8.42 Å². The van der Waals surface area contributed by atoms with Crippen LogP contribution in [0.15, 0.2) is 4.99 Å². The minimum atomic E-state index is -2.93. The van der Waals surface area contributed by atoms with E-state index in [4.69, 9.17) is 0 Å². The number of guanidine groups is 1. The van der Waals surface area contributed by atoms with Gasteiger partial charge in [-0.3, -0.25) is 4.99 Å². The van der Waals surface area contributed by atoms with Crippen molar-refractivity contribution < 1.29 is 8.42 Å². The summed E-state index contributed by atoms with van der Waals surface area (Å²) in [5.74, 6) is 1.25. The summed E-state index contributed by atoms with van der Waals surface area (Å²) < 4.78 is 23.1. The van der Waals surface area contributed by atoms with Gasteiger partial charge in [0, 0.05) is 25.4 Å². The van der Waals surface area contributed by atoms with Crippen LogP contribution in [0.4, 0.5) is 0 Å². The maximum Gasteiger partial charge on any atom is 0.193 e. The molecule has 21 heavy (non-hydrogen) atoms. The third kappa shape index (κ3) is 4.34. The van der Waals surface area contributed by atoms with Crippen LogP contribution in [0.3, 0.4) is 0 Å². The minimum absolute atomic E-state index is 0.150. The zero-order valence-electron chi connectivity index (χ0n) is 13.4. The van der Waals surface area contributed by atoms with Gasteiger partial charge in [0.15, 0.2) is 15.8 Å². The van der Waals surface area contributed by atoms with E-state index in [0.29, 0.717) is 12.0 Å². The molecule has 0 bridgehead atoms. The van der Waals surface area contributed by atoms with Crippen molar-refractivity contribution in [3.8, 4) is 0 Å². The van der Waals surface area contributed by atoms with Gasteiger partial charge in [0.25, 0.3) is 0 Å². The summed E-state index contributed by atoms with van der Waals surface area (Å²) in [7, 11) is -2.93. The normalized spacial score (nSPS) is 22.2. The molecule has 0 radical (unpaired) electrons. The van der Waals surface area contributed by atoms with Crippen molar-refractivity contribution in [2.75, 3.05) is 37.7 Å². The average molecular weight is 315 g/mol. The Labute approximate surface area is 129 Å². The second-order valence-corrected chi connectivity index (χ2v) is 8.82. The summed E-state index contributed by atoms with van der Waals surface area (Å²) in [5, 5.41) is 3.32. The highest BCUT2D eigenvalue weighted by atomic mass is 32.2. The average Bonchev–Trinajstić information content (AvgIpc) is 3.09. The van der Waals surface area contributed by atoms with Crippen LogP contribution in [-0.2, 0) is 9.84 Å². The van der Waals surface area contributed by atoms with Crippen LogP contribution in [0.1, 0.15) is 46.0 Å². The van der Waals surface area contributed by atoms with Gasteiger partial charge in [-0.2, -0.15) is 0 Å². The molecule has 0 amide bonds. The first-order valence-corrected chi connectivity index (χ1v) is 10.1. The minimum Gasteiger partial charge on any atom is -0.357 e. The molecule has 6 heteroatoms. The van der Waals surface area contributed by atoms with E-state index >= 15 is 0 Å². The Kier molecular flexibility index (Phi) is 5.52. The number of aliphatic imine (C=N–C) groups is 1. The first-order valence-electron chi connectivity index (χ1n) is 8.24. The fraction of sp³-hybridized carbons (Fsp3) is 0.933. The highest BCUT2D eigenvalue weighted by molar-refractivity contribution is 7.91. The molecule has 1 saturated carbocycles. The molecule has 0 aromatic heterocycles. The molecule has 1 N–H and O–H groups in total. The first-order chi connectivity index (χ1) is 10.0. The largest absolute Gasteiger partial charge is 0.357 e. The number of nitrogens with zero attached hydrogens (tertiary/aromatic N) is 2. The zero-order valence-corrected chi connectivity index (χ0v) is 14.2. The third-order valence-corrected chi connectivity index (χ3v) is 6.52. The number of sulfone groups is 1. The molecular weight excluding hydrogens is 286 g/mol. The first kappa shape index (κ1) is 16.6. The lowest BCUT2D eigenvalue weighted by Gasteiger charge is -2.25. The molecule has 2 fully saturated rings. The molecule has 0 atom stereocenters. The number of hydrogen-bond acceptors (Lipinski definition) is 3. The number of hydrogen-bond donors (Lipinski definition) is 1. The van der Waals surface area contributed by atoms with Crippen LogP contribution < -0.4 is 5.32 Å². The second kappa shape index (κ2) is 6.99. The fourth-order valence-corrected chi connectivity index (χ4v) is 4.17. The molecule has 122 valence electrons. The summed E-state index contributed by atoms with van der Waals surface area (Å²) >= 11 is 0. The van der Waals surface area contributed by atoms with Crippen molar-refractivity contribution in [3.05, 3.63) is 0 Å². The van der Waals surface area contributed by atoms with Crippen LogP contribution in [0, 0.1) is 5.41 Å². The molecule has 1 aliphatic heterocycles. The van der Waals surface area contributed by atoms with Crippen molar-refractivity contribution in [2.24, 2.45) is 10.4 Å². The monoisotopic (exact) mass is 315 g/mol. The molecular formula is C15H29N3O2S. The maximum atomic E-state index is 11.6.